The van der Waals surface area contributed by atoms with Crippen LogP contribution in [0.5, 0.6) is 0 Å². The smallest absolute Gasteiger partial charge is 0.192 e. The van der Waals surface area contributed by atoms with Gasteiger partial charge in [0.05, 0.1) is 7.21 Å². The van der Waals surface area contributed by atoms with Crippen molar-refractivity contribution in [1.82, 2.24) is 14.7 Å². The monoisotopic (exact) mass is 491 g/mol. The Balaban J connectivity index is 2.35. The molecule has 1 unspecified atom stereocenters. The lowest BCUT2D eigenvalue weighted by Crippen LogP contribution is -2.63. The molecular formula is C20H36BrN3O2SSi. The van der Waals surface area contributed by atoms with Gasteiger partial charge in [0.2, 0.25) is 0 Å². The molecule has 1 aliphatic carbocycles. The van der Waals surface area contributed by atoms with E-state index in [-0.39, 0.29) is 5.04 Å². The number of rotatable bonds is 6. The summed E-state index contributed by atoms with van der Waals surface area (Å²) in [5.41, 5.74) is -1.52. The Labute approximate surface area is 186 Å². The zero-order valence-corrected chi connectivity index (χ0v) is 22.0. The molecule has 1 aromatic heterocycles. The Morgan fingerprint density at radius 2 is 1.75 bits per heavy atom. The first-order chi connectivity index (χ1) is 13.2. The maximum atomic E-state index is 13.0. The van der Waals surface area contributed by atoms with Gasteiger partial charge in [0.15, 0.2) is 14.1 Å². The Kier molecular flexibility index (Phi) is 6.01. The van der Waals surface area contributed by atoms with E-state index in [2.05, 4.69) is 64.5 Å². The van der Waals surface area contributed by atoms with E-state index in [1.165, 1.54) is 0 Å². The van der Waals surface area contributed by atoms with E-state index in [4.69, 9.17) is 7.17 Å². The summed E-state index contributed by atoms with van der Waals surface area (Å²) in [6.07, 6.45) is 4.13. The van der Waals surface area contributed by atoms with Gasteiger partial charge in [-0.25, -0.2) is 9.97 Å². The molecule has 1 aromatic rings. The van der Waals surface area contributed by atoms with E-state index in [9.17, 15) is 4.55 Å². The van der Waals surface area contributed by atoms with Gasteiger partial charge in [-0.3, -0.25) is 0 Å². The average molecular weight is 493 g/mol. The number of hydrogen-bond donors (Lipinski definition) is 1. The van der Waals surface area contributed by atoms with Crippen molar-refractivity contribution in [3.63, 3.8) is 0 Å². The summed E-state index contributed by atoms with van der Waals surface area (Å²) in [6.45, 7) is 16.2. The number of halogens is 1. The summed E-state index contributed by atoms with van der Waals surface area (Å²) in [7, 11) is -2.32. The maximum Gasteiger partial charge on any atom is 0.192 e. The third kappa shape index (κ3) is 5.37. The van der Waals surface area contributed by atoms with Crippen LogP contribution in [-0.2, 0) is 21.3 Å². The molecule has 0 radical (unpaired) electrons. The molecule has 1 fully saturated rings. The van der Waals surface area contributed by atoms with Crippen molar-refractivity contribution in [1.29, 1.82) is 0 Å². The molecule has 1 saturated carbocycles. The molecule has 2 rings (SSSR count). The van der Waals surface area contributed by atoms with Gasteiger partial charge in [-0.2, -0.15) is 0 Å². The fraction of sp³-hybridized carbons (Fsp3) is 0.800. The van der Waals surface area contributed by atoms with E-state index in [1.807, 2.05) is 27.7 Å². The summed E-state index contributed by atoms with van der Waals surface area (Å²) >= 11 is 2.01. The van der Waals surface area contributed by atoms with Gasteiger partial charge in [-0.1, -0.05) is 27.7 Å². The van der Waals surface area contributed by atoms with Gasteiger partial charge in [-0.15, -0.1) is 4.72 Å². The molecule has 160 valence electrons. The molecule has 0 saturated heterocycles. The number of hydrogen-bond acceptors (Lipinski definition) is 5. The minimum Gasteiger partial charge on any atom is -0.598 e. The molecule has 28 heavy (non-hydrogen) atoms. The number of nitrogens with one attached hydrogen (secondary N) is 1. The second kappa shape index (κ2) is 7.93. The zero-order valence-electron chi connectivity index (χ0n) is 20.6. The Morgan fingerprint density at radius 3 is 2.18 bits per heavy atom. The molecule has 1 N–H and O–H groups in total. The molecule has 1 atom stereocenters. The standard InChI is InChI=1S/C20H36BrN3O2SSi/c1-17(2,3)27(25)24-20(16-22-10-15(21)11-23-16)12-19(7,13-20)14-26-28(8,9)18(4,5)6/h10-11,24H,12-14H2,1-9H3/i14D2. The van der Waals surface area contributed by atoms with Crippen molar-refractivity contribution in [2.75, 3.05) is 6.56 Å². The molecule has 0 aromatic carbocycles. The highest BCUT2D eigenvalue weighted by Gasteiger charge is 2.58. The highest BCUT2D eigenvalue weighted by molar-refractivity contribution is 9.10. The summed E-state index contributed by atoms with van der Waals surface area (Å²) in [5.74, 6) is 0.531. The summed E-state index contributed by atoms with van der Waals surface area (Å²) < 4.78 is 40.4. The van der Waals surface area contributed by atoms with Gasteiger partial charge in [-0.05, 0) is 73.1 Å². The van der Waals surface area contributed by atoms with Crippen LogP contribution < -0.4 is 4.72 Å². The van der Waals surface area contributed by atoms with Crippen LogP contribution in [0.15, 0.2) is 16.9 Å². The molecule has 0 aliphatic heterocycles. The van der Waals surface area contributed by atoms with Crippen LogP contribution in [0.2, 0.25) is 18.1 Å². The molecule has 1 aliphatic rings. The molecule has 8 heteroatoms. The largest absolute Gasteiger partial charge is 0.598 e. The van der Waals surface area contributed by atoms with Gasteiger partial charge in [0, 0.05) is 30.3 Å². The van der Waals surface area contributed by atoms with Crippen molar-refractivity contribution >= 4 is 35.6 Å². The molecule has 0 bridgehead atoms. The van der Waals surface area contributed by atoms with Crippen molar-refractivity contribution in [2.24, 2.45) is 5.41 Å². The topological polar surface area (TPSA) is 70.1 Å². The minimum atomic E-state index is -2.32. The van der Waals surface area contributed by atoms with Crippen molar-refractivity contribution in [2.45, 2.75) is 89.7 Å². The second-order valence-corrected chi connectivity index (χ2v) is 18.3. The lowest BCUT2D eigenvalue weighted by Gasteiger charge is -2.54. The number of aromatic nitrogens is 2. The van der Waals surface area contributed by atoms with Gasteiger partial charge in [0.25, 0.3) is 0 Å². The third-order valence-electron chi connectivity index (χ3n) is 5.64. The first-order valence-electron chi connectivity index (χ1n) is 10.6. The fourth-order valence-corrected chi connectivity index (χ4v) is 4.83. The summed E-state index contributed by atoms with van der Waals surface area (Å²) in [6, 6.07) is 0. The molecule has 0 spiro atoms. The van der Waals surface area contributed by atoms with Crippen LogP contribution in [0.4, 0.5) is 0 Å². The van der Waals surface area contributed by atoms with Crippen LogP contribution in [0.1, 0.15) is 69.9 Å². The van der Waals surface area contributed by atoms with E-state index in [0.29, 0.717) is 18.7 Å². The number of nitrogens with zero attached hydrogens (tertiary/aromatic N) is 2. The Bertz CT molecular complexity index is 761. The predicted octanol–water partition coefficient (Wildman–Crippen LogP) is 5.31. The van der Waals surface area contributed by atoms with Crippen molar-refractivity contribution in [3.05, 3.63) is 22.7 Å². The van der Waals surface area contributed by atoms with Gasteiger partial charge in [0.1, 0.15) is 10.3 Å². The second-order valence-electron chi connectivity index (χ2n) is 10.7. The van der Waals surface area contributed by atoms with Crippen LogP contribution in [-0.4, -0.2) is 34.1 Å². The van der Waals surface area contributed by atoms with E-state index in [1.54, 1.807) is 12.4 Å². The zero-order chi connectivity index (χ0) is 23.4. The molecular weight excluding hydrogens is 454 g/mol. The van der Waals surface area contributed by atoms with Crippen LogP contribution in [0.25, 0.3) is 0 Å². The summed E-state index contributed by atoms with van der Waals surface area (Å²) in [5, 5.41) is -0.0989. The SMILES string of the molecule is [2H]C([2H])(O[Si](C)(C)C(C)(C)C)C1(C)CC(N[S+]([O-])C(C)(C)C)(c2ncc(Br)cn2)C1. The van der Waals surface area contributed by atoms with E-state index < -0.39 is 41.9 Å². The van der Waals surface area contributed by atoms with Crippen LogP contribution in [0, 0.1) is 5.41 Å². The minimum absolute atomic E-state index is 0.0989. The van der Waals surface area contributed by atoms with Gasteiger partial charge < -0.3 is 8.98 Å². The fourth-order valence-electron chi connectivity index (χ4n) is 2.92. The maximum absolute atomic E-state index is 13.0. The lowest BCUT2D eigenvalue weighted by molar-refractivity contribution is -0.0199. The normalized spacial score (nSPS) is 29.0. The third-order valence-corrected chi connectivity index (χ3v) is 12.0. The predicted molar refractivity (Wildman–Crippen MR) is 123 cm³/mol. The van der Waals surface area contributed by atoms with Gasteiger partial charge >= 0.3 is 0 Å². The Hall–Kier alpha value is 0.00688. The van der Waals surface area contributed by atoms with Crippen LogP contribution in [0.3, 0.4) is 0 Å². The summed E-state index contributed by atoms with van der Waals surface area (Å²) in [4.78, 5) is 8.92. The lowest BCUT2D eigenvalue weighted by atomic mass is 9.58. The highest BCUT2D eigenvalue weighted by atomic mass is 79.9. The van der Waals surface area contributed by atoms with Crippen LogP contribution >= 0.6 is 15.9 Å². The molecule has 5 nitrogen and oxygen atoms in total. The first kappa shape index (κ1) is 21.2. The van der Waals surface area contributed by atoms with Crippen molar-refractivity contribution < 1.29 is 11.7 Å². The highest BCUT2D eigenvalue weighted by Crippen LogP contribution is 2.54. The molecule has 1 heterocycles. The van der Waals surface area contributed by atoms with E-state index in [0.717, 1.165) is 4.47 Å². The van der Waals surface area contributed by atoms with E-state index >= 15 is 0 Å². The van der Waals surface area contributed by atoms with Crippen molar-refractivity contribution in [3.8, 4) is 0 Å². The average Bonchev–Trinajstić information content (AvgIpc) is 2.50. The first-order valence-corrected chi connectivity index (χ1v) is 14.5. The quantitative estimate of drug-likeness (QED) is 0.431. The molecule has 0 amide bonds. The Morgan fingerprint density at radius 1 is 1.25 bits per heavy atom.